The van der Waals surface area contributed by atoms with Gasteiger partial charge in [-0.25, -0.2) is 15.0 Å². The van der Waals surface area contributed by atoms with Crippen molar-refractivity contribution >= 4 is 22.6 Å². The summed E-state index contributed by atoms with van der Waals surface area (Å²) in [6, 6.07) is 12.8. The van der Waals surface area contributed by atoms with E-state index in [2.05, 4.69) is 30.5 Å². The Kier molecular flexibility index (Phi) is 4.12. The van der Waals surface area contributed by atoms with Crippen LogP contribution in [0, 0.1) is 20.8 Å². The number of aromatic nitrogens is 5. The molecule has 0 bridgehead atoms. The van der Waals surface area contributed by atoms with E-state index in [4.69, 9.17) is 0 Å². The Hall–Kier alpha value is -3.61. The Morgan fingerprint density at radius 2 is 1.70 bits per heavy atom. The van der Waals surface area contributed by atoms with Crippen LogP contribution in [0.25, 0.3) is 22.4 Å². The van der Waals surface area contributed by atoms with Gasteiger partial charge in [-0.2, -0.15) is 5.10 Å². The van der Waals surface area contributed by atoms with E-state index in [1.54, 1.807) is 12.1 Å². The van der Waals surface area contributed by atoms with Crippen molar-refractivity contribution in [2.75, 3.05) is 5.32 Å². The molecule has 7 heteroatoms. The molecular formula is C20H18N6O. The predicted octanol–water partition coefficient (Wildman–Crippen LogP) is 3.59. The molecule has 2 aromatic heterocycles. The second kappa shape index (κ2) is 6.60. The summed E-state index contributed by atoms with van der Waals surface area (Å²) in [5.74, 6) is 1.12. The normalized spacial score (nSPS) is 10.9. The van der Waals surface area contributed by atoms with Crippen molar-refractivity contribution in [1.29, 1.82) is 0 Å². The Morgan fingerprint density at radius 1 is 0.926 bits per heavy atom. The first-order valence-corrected chi connectivity index (χ1v) is 8.55. The molecule has 0 aliphatic carbocycles. The van der Waals surface area contributed by atoms with Gasteiger partial charge in [0.15, 0.2) is 5.82 Å². The van der Waals surface area contributed by atoms with E-state index in [-0.39, 0.29) is 5.91 Å². The van der Waals surface area contributed by atoms with Crippen LogP contribution in [0.2, 0.25) is 0 Å². The molecule has 0 spiro atoms. The first-order valence-electron chi connectivity index (χ1n) is 8.55. The topological polar surface area (TPSA) is 96.5 Å². The zero-order chi connectivity index (χ0) is 19.0. The summed E-state index contributed by atoms with van der Waals surface area (Å²) in [6.45, 7) is 5.67. The van der Waals surface area contributed by atoms with Crippen LogP contribution in [-0.2, 0) is 0 Å². The lowest BCUT2D eigenvalue weighted by Gasteiger charge is -2.08. The lowest BCUT2D eigenvalue weighted by atomic mass is 10.1. The van der Waals surface area contributed by atoms with E-state index in [9.17, 15) is 4.79 Å². The first-order chi connectivity index (χ1) is 13.0. The maximum absolute atomic E-state index is 12.7. The van der Waals surface area contributed by atoms with E-state index >= 15 is 0 Å². The number of anilines is 1. The number of fused-ring (bicyclic) bond motifs is 1. The fraction of sp³-hybridized carbons (Fsp3) is 0.150. The number of hydrogen-bond acceptors (Lipinski definition) is 5. The van der Waals surface area contributed by atoms with Crippen molar-refractivity contribution in [2.24, 2.45) is 0 Å². The first kappa shape index (κ1) is 16.8. The van der Waals surface area contributed by atoms with Crippen molar-refractivity contribution in [3.8, 4) is 11.4 Å². The number of nitrogens with zero attached hydrogens (tertiary/aromatic N) is 4. The molecule has 0 radical (unpaired) electrons. The summed E-state index contributed by atoms with van der Waals surface area (Å²) < 4.78 is 0. The Balaban J connectivity index is 1.60. The minimum Gasteiger partial charge on any atom is -0.322 e. The van der Waals surface area contributed by atoms with Crippen molar-refractivity contribution in [2.45, 2.75) is 20.8 Å². The molecule has 4 rings (SSSR count). The van der Waals surface area contributed by atoms with Gasteiger partial charge in [0.1, 0.15) is 5.82 Å². The van der Waals surface area contributed by atoms with Gasteiger partial charge in [-0.1, -0.05) is 12.1 Å². The van der Waals surface area contributed by atoms with E-state index in [1.165, 1.54) is 0 Å². The second-order valence-electron chi connectivity index (χ2n) is 6.38. The van der Waals surface area contributed by atoms with Gasteiger partial charge in [0.25, 0.3) is 5.91 Å². The van der Waals surface area contributed by atoms with Crippen molar-refractivity contribution in [1.82, 2.24) is 25.1 Å². The SMILES string of the molecule is Cc1nc(-c2cccc(NC(=O)c3ccc4nc(C)c(C)nc4c3)c2)n[nH]1. The summed E-state index contributed by atoms with van der Waals surface area (Å²) in [6.07, 6.45) is 0. The number of hydrogen-bond donors (Lipinski definition) is 2. The number of aryl methyl sites for hydroxylation is 3. The average molecular weight is 358 g/mol. The molecule has 0 saturated heterocycles. The molecular weight excluding hydrogens is 340 g/mol. The standard InChI is InChI=1S/C20H18N6O/c1-11-12(2)22-18-10-15(7-8-17(18)21-11)20(27)24-16-6-4-5-14(9-16)19-23-13(3)25-26-19/h4-10H,1-3H3,(H,24,27)(H,23,25,26). The third kappa shape index (κ3) is 3.39. The molecule has 2 N–H and O–H groups in total. The van der Waals surface area contributed by atoms with Crippen LogP contribution in [0.3, 0.4) is 0 Å². The molecule has 2 aromatic carbocycles. The molecule has 0 aliphatic heterocycles. The van der Waals surface area contributed by atoms with Gasteiger partial charge in [0.2, 0.25) is 0 Å². The van der Waals surface area contributed by atoms with Crippen LogP contribution < -0.4 is 5.32 Å². The van der Waals surface area contributed by atoms with E-state index in [0.29, 0.717) is 22.6 Å². The zero-order valence-corrected chi connectivity index (χ0v) is 15.2. The van der Waals surface area contributed by atoms with E-state index in [0.717, 1.165) is 28.3 Å². The molecule has 0 atom stereocenters. The third-order valence-electron chi connectivity index (χ3n) is 4.31. The maximum Gasteiger partial charge on any atom is 0.255 e. The molecule has 2 heterocycles. The van der Waals surface area contributed by atoms with Crippen LogP contribution >= 0.6 is 0 Å². The van der Waals surface area contributed by atoms with Crippen LogP contribution in [-0.4, -0.2) is 31.1 Å². The maximum atomic E-state index is 12.7. The summed E-state index contributed by atoms with van der Waals surface area (Å²) >= 11 is 0. The van der Waals surface area contributed by atoms with Crippen LogP contribution in [0.15, 0.2) is 42.5 Å². The summed E-state index contributed by atoms with van der Waals surface area (Å²) in [4.78, 5) is 26.0. The minimum absolute atomic E-state index is 0.208. The zero-order valence-electron chi connectivity index (χ0n) is 15.2. The molecule has 134 valence electrons. The van der Waals surface area contributed by atoms with Crippen LogP contribution in [0.5, 0.6) is 0 Å². The number of aromatic amines is 1. The monoisotopic (exact) mass is 358 g/mol. The van der Waals surface area contributed by atoms with Crippen molar-refractivity contribution < 1.29 is 4.79 Å². The molecule has 0 unspecified atom stereocenters. The Morgan fingerprint density at radius 3 is 2.44 bits per heavy atom. The van der Waals surface area contributed by atoms with Gasteiger partial charge in [-0.15, -0.1) is 0 Å². The molecule has 27 heavy (non-hydrogen) atoms. The molecule has 7 nitrogen and oxygen atoms in total. The number of carbonyl (C=O) groups is 1. The number of rotatable bonds is 3. The Labute approximate surface area is 155 Å². The van der Waals surface area contributed by atoms with Crippen molar-refractivity contribution in [3.05, 3.63) is 65.2 Å². The number of nitrogens with one attached hydrogen (secondary N) is 2. The number of benzene rings is 2. The lowest BCUT2D eigenvalue weighted by Crippen LogP contribution is -2.12. The van der Waals surface area contributed by atoms with Gasteiger partial charge >= 0.3 is 0 Å². The predicted molar refractivity (Wildman–Crippen MR) is 104 cm³/mol. The van der Waals surface area contributed by atoms with Gasteiger partial charge in [-0.3, -0.25) is 9.89 Å². The van der Waals surface area contributed by atoms with Gasteiger partial charge in [-0.05, 0) is 51.1 Å². The number of H-pyrrole nitrogens is 1. The highest BCUT2D eigenvalue weighted by atomic mass is 16.1. The molecule has 1 amide bonds. The fourth-order valence-electron chi connectivity index (χ4n) is 2.78. The molecule has 0 fully saturated rings. The number of carbonyl (C=O) groups excluding carboxylic acids is 1. The summed E-state index contributed by atoms with van der Waals surface area (Å²) in [5.41, 5.74) is 5.25. The summed E-state index contributed by atoms with van der Waals surface area (Å²) in [5, 5.41) is 9.88. The smallest absolute Gasteiger partial charge is 0.255 e. The van der Waals surface area contributed by atoms with Crippen LogP contribution in [0.4, 0.5) is 5.69 Å². The lowest BCUT2D eigenvalue weighted by molar-refractivity contribution is 0.102. The molecule has 4 aromatic rings. The Bertz CT molecular complexity index is 1160. The van der Waals surface area contributed by atoms with E-state index < -0.39 is 0 Å². The average Bonchev–Trinajstić information content (AvgIpc) is 3.09. The quantitative estimate of drug-likeness (QED) is 0.583. The van der Waals surface area contributed by atoms with Gasteiger partial charge in [0, 0.05) is 16.8 Å². The van der Waals surface area contributed by atoms with Gasteiger partial charge < -0.3 is 5.32 Å². The van der Waals surface area contributed by atoms with Crippen LogP contribution in [0.1, 0.15) is 27.6 Å². The largest absolute Gasteiger partial charge is 0.322 e. The van der Waals surface area contributed by atoms with Gasteiger partial charge in [0.05, 0.1) is 22.4 Å². The number of amides is 1. The third-order valence-corrected chi connectivity index (χ3v) is 4.31. The minimum atomic E-state index is -0.208. The highest BCUT2D eigenvalue weighted by molar-refractivity contribution is 6.06. The molecule has 0 saturated carbocycles. The highest BCUT2D eigenvalue weighted by Crippen LogP contribution is 2.21. The fourth-order valence-corrected chi connectivity index (χ4v) is 2.78. The highest BCUT2D eigenvalue weighted by Gasteiger charge is 2.11. The molecule has 0 aliphatic rings. The summed E-state index contributed by atoms with van der Waals surface area (Å²) in [7, 11) is 0. The van der Waals surface area contributed by atoms with E-state index in [1.807, 2.05) is 51.1 Å². The second-order valence-corrected chi connectivity index (χ2v) is 6.38. The van der Waals surface area contributed by atoms with Crippen molar-refractivity contribution in [3.63, 3.8) is 0 Å².